The number of nitrogens with zero attached hydrogens (tertiary/aromatic N) is 1. The predicted octanol–water partition coefficient (Wildman–Crippen LogP) is 3.11. The first-order valence-electron chi connectivity index (χ1n) is 12.7. The van der Waals surface area contributed by atoms with Crippen molar-refractivity contribution in [2.24, 2.45) is 0 Å². The Morgan fingerprint density at radius 2 is 1.43 bits per heavy atom. The van der Waals surface area contributed by atoms with Crippen LogP contribution in [0.25, 0.3) is 0 Å². The van der Waals surface area contributed by atoms with E-state index in [-0.39, 0.29) is 11.6 Å². The normalized spacial score (nSPS) is 16.3. The highest BCUT2D eigenvalue weighted by atomic mass is 28.4. The number of hydrazine groups is 1. The highest BCUT2D eigenvalue weighted by Crippen LogP contribution is 2.36. The van der Waals surface area contributed by atoms with Crippen LogP contribution in [0.15, 0.2) is 60.7 Å². The fraction of sp³-hybridized carbons (Fsp3) is 0.464. The molecule has 1 aliphatic heterocycles. The average molecular weight is 526 g/mol. The molecule has 0 saturated carbocycles. The smallest absolute Gasteiger partial charge is 0.410 e. The van der Waals surface area contributed by atoms with Gasteiger partial charge < -0.3 is 9.16 Å². The lowest BCUT2D eigenvalue weighted by Gasteiger charge is -2.42. The van der Waals surface area contributed by atoms with Crippen LogP contribution in [0, 0.1) is 0 Å². The molecule has 1 saturated heterocycles. The van der Waals surface area contributed by atoms with Crippen LogP contribution in [0.2, 0.25) is 5.04 Å². The number of amides is 3. The van der Waals surface area contributed by atoms with Gasteiger partial charge in [-0.15, -0.1) is 0 Å². The number of hydrogen-bond donors (Lipinski definition) is 2. The summed E-state index contributed by atoms with van der Waals surface area (Å²) in [6.07, 6.45) is 0.647. The first kappa shape index (κ1) is 28.4. The molecule has 0 aromatic heterocycles. The van der Waals surface area contributed by atoms with Gasteiger partial charge in [0.15, 0.2) is 0 Å². The van der Waals surface area contributed by atoms with E-state index in [4.69, 9.17) is 9.16 Å². The summed E-state index contributed by atoms with van der Waals surface area (Å²) in [6.45, 7) is 11.9. The van der Waals surface area contributed by atoms with Crippen LogP contribution >= 0.6 is 0 Å². The minimum atomic E-state index is -2.89. The Hall–Kier alpha value is -3.17. The lowest BCUT2D eigenvalue weighted by atomic mass is 10.2. The molecule has 1 aliphatic rings. The molecule has 9 heteroatoms. The molecule has 2 aromatic carbocycles. The zero-order valence-electron chi connectivity index (χ0n) is 22.7. The first-order valence-corrected chi connectivity index (χ1v) is 14.6. The van der Waals surface area contributed by atoms with Crippen molar-refractivity contribution < 1.29 is 23.5 Å². The minimum absolute atomic E-state index is 0.228. The number of ether oxygens (including phenoxy) is 1. The summed E-state index contributed by atoms with van der Waals surface area (Å²) in [5.41, 5.74) is 4.29. The van der Waals surface area contributed by atoms with Crippen molar-refractivity contribution in [3.05, 3.63) is 60.7 Å². The van der Waals surface area contributed by atoms with E-state index in [1.165, 1.54) is 4.90 Å². The lowest BCUT2D eigenvalue weighted by Crippen LogP contribution is -2.67. The second kappa shape index (κ2) is 11.5. The van der Waals surface area contributed by atoms with Crippen LogP contribution in [0.1, 0.15) is 54.4 Å². The van der Waals surface area contributed by atoms with E-state index in [2.05, 4.69) is 55.9 Å². The molecule has 1 heterocycles. The van der Waals surface area contributed by atoms with Crippen LogP contribution in [-0.4, -0.2) is 55.9 Å². The van der Waals surface area contributed by atoms with Gasteiger partial charge in [-0.05, 0) is 49.0 Å². The largest absolute Gasteiger partial charge is 0.444 e. The van der Waals surface area contributed by atoms with Crippen LogP contribution in [-0.2, 0) is 18.8 Å². The van der Waals surface area contributed by atoms with Crippen molar-refractivity contribution in [2.75, 3.05) is 13.2 Å². The van der Waals surface area contributed by atoms with Crippen molar-refractivity contribution in [3.63, 3.8) is 0 Å². The molecule has 0 spiro atoms. The third kappa shape index (κ3) is 6.78. The van der Waals surface area contributed by atoms with Gasteiger partial charge >= 0.3 is 6.09 Å². The molecule has 0 radical (unpaired) electrons. The molecule has 1 fully saturated rings. The van der Waals surface area contributed by atoms with Gasteiger partial charge in [0.2, 0.25) is 0 Å². The standard InChI is InChI=1S/C28H39N3O5Si/c1-27(2,3)36-26(34)31-19-13-18-23(31)25(33)30-29-24(32)20-35-37(28(4,5)6,21-14-9-7-10-15-21)22-16-11-8-12-17-22/h7-12,14-17,23H,13,18-20H2,1-6H3,(H,29,32)(H,30,33)/t23-/m0/s1. The van der Waals surface area contributed by atoms with E-state index in [1.54, 1.807) is 20.8 Å². The van der Waals surface area contributed by atoms with E-state index >= 15 is 0 Å². The van der Waals surface area contributed by atoms with E-state index in [0.717, 1.165) is 10.4 Å². The molecule has 8 nitrogen and oxygen atoms in total. The summed E-state index contributed by atoms with van der Waals surface area (Å²) in [7, 11) is -2.89. The Morgan fingerprint density at radius 1 is 0.892 bits per heavy atom. The quantitative estimate of drug-likeness (QED) is 0.446. The Bertz CT molecular complexity index is 1040. The highest BCUT2D eigenvalue weighted by molar-refractivity contribution is 6.99. The number of hydrogen-bond acceptors (Lipinski definition) is 5. The Balaban J connectivity index is 1.70. The second-order valence-electron chi connectivity index (χ2n) is 11.3. The van der Waals surface area contributed by atoms with Gasteiger partial charge in [-0.3, -0.25) is 25.3 Å². The molecule has 3 rings (SSSR count). The molecule has 0 unspecified atom stereocenters. The number of rotatable bonds is 6. The fourth-order valence-electron chi connectivity index (χ4n) is 4.76. The van der Waals surface area contributed by atoms with E-state index in [1.807, 2.05) is 36.4 Å². The third-order valence-electron chi connectivity index (χ3n) is 6.35. The van der Waals surface area contributed by atoms with Crippen LogP contribution in [0.5, 0.6) is 0 Å². The maximum Gasteiger partial charge on any atom is 0.410 e. The van der Waals surface area contributed by atoms with Gasteiger partial charge in [0, 0.05) is 6.54 Å². The van der Waals surface area contributed by atoms with Gasteiger partial charge in [-0.2, -0.15) is 0 Å². The van der Waals surface area contributed by atoms with Crippen molar-refractivity contribution >= 4 is 36.6 Å². The monoisotopic (exact) mass is 525 g/mol. The number of benzene rings is 2. The highest BCUT2D eigenvalue weighted by Gasteiger charge is 2.50. The van der Waals surface area contributed by atoms with Crippen molar-refractivity contribution in [2.45, 2.75) is 71.1 Å². The number of likely N-dealkylation sites (tertiary alicyclic amines) is 1. The fourth-order valence-corrected chi connectivity index (χ4v) is 9.27. The molecular formula is C28H39N3O5Si. The van der Waals surface area contributed by atoms with Crippen molar-refractivity contribution in [1.29, 1.82) is 0 Å². The summed E-state index contributed by atoms with van der Waals surface area (Å²) in [5.74, 6) is -0.926. The topological polar surface area (TPSA) is 97.0 Å². The molecule has 1 atom stereocenters. The zero-order chi connectivity index (χ0) is 27.3. The van der Waals surface area contributed by atoms with Crippen molar-refractivity contribution in [1.82, 2.24) is 15.8 Å². The molecule has 3 amide bonds. The Labute approximate surface area is 220 Å². The van der Waals surface area contributed by atoms with Gasteiger partial charge in [-0.25, -0.2) is 4.79 Å². The Morgan fingerprint density at radius 3 is 1.92 bits per heavy atom. The second-order valence-corrected chi connectivity index (χ2v) is 15.6. The third-order valence-corrected chi connectivity index (χ3v) is 11.3. The maximum absolute atomic E-state index is 12.9. The summed E-state index contributed by atoms with van der Waals surface area (Å²) in [5, 5.41) is 1.84. The minimum Gasteiger partial charge on any atom is -0.444 e. The van der Waals surface area contributed by atoms with E-state index in [0.29, 0.717) is 19.4 Å². The summed E-state index contributed by atoms with van der Waals surface area (Å²) in [4.78, 5) is 39.6. The van der Waals surface area contributed by atoms with Gasteiger partial charge in [0.1, 0.15) is 18.2 Å². The maximum atomic E-state index is 12.9. The van der Waals surface area contributed by atoms with Gasteiger partial charge in [0.05, 0.1) is 0 Å². The summed E-state index contributed by atoms with van der Waals surface area (Å²) in [6, 6.07) is 19.3. The molecule has 0 aliphatic carbocycles. The van der Waals surface area contributed by atoms with Crippen LogP contribution < -0.4 is 21.2 Å². The average Bonchev–Trinajstić information content (AvgIpc) is 3.33. The molecular weight excluding hydrogens is 486 g/mol. The van der Waals surface area contributed by atoms with Gasteiger partial charge in [0.25, 0.3) is 20.1 Å². The predicted molar refractivity (Wildman–Crippen MR) is 146 cm³/mol. The number of carbonyl (C=O) groups is 3. The van der Waals surface area contributed by atoms with Crippen LogP contribution in [0.4, 0.5) is 4.79 Å². The van der Waals surface area contributed by atoms with Gasteiger partial charge in [-0.1, -0.05) is 81.4 Å². The first-order chi connectivity index (χ1) is 17.3. The SMILES string of the molecule is CC(C)(C)OC(=O)N1CCC[C@H]1C(=O)NNC(=O)CO[Si](c1ccccc1)(c1ccccc1)C(C)(C)C. The van der Waals surface area contributed by atoms with E-state index in [9.17, 15) is 14.4 Å². The van der Waals surface area contributed by atoms with Crippen LogP contribution in [0.3, 0.4) is 0 Å². The Kier molecular flexibility index (Phi) is 8.81. The molecule has 2 aromatic rings. The molecule has 2 N–H and O–H groups in total. The van der Waals surface area contributed by atoms with Crippen molar-refractivity contribution in [3.8, 4) is 0 Å². The summed E-state index contributed by atoms with van der Waals surface area (Å²) >= 11 is 0. The molecule has 0 bridgehead atoms. The zero-order valence-corrected chi connectivity index (χ0v) is 23.7. The molecule has 200 valence electrons. The summed E-state index contributed by atoms with van der Waals surface area (Å²) < 4.78 is 12.0. The van der Waals surface area contributed by atoms with E-state index < -0.39 is 37.9 Å². The molecule has 37 heavy (non-hydrogen) atoms. The number of nitrogens with one attached hydrogen (secondary N) is 2. The number of carbonyl (C=O) groups excluding carboxylic acids is 3. The lowest BCUT2D eigenvalue weighted by molar-refractivity contribution is -0.132.